The van der Waals surface area contributed by atoms with Crippen LogP contribution in [0.5, 0.6) is 0 Å². The minimum absolute atomic E-state index is 0.0577. The first-order valence-electron chi connectivity index (χ1n) is 8.65. The largest absolute Gasteiger partial charge is 0.265 e. The molecular weight excluding hydrogens is 445 g/mol. The van der Waals surface area contributed by atoms with Crippen LogP contribution in [0.15, 0.2) is 64.1 Å². The van der Waals surface area contributed by atoms with Crippen LogP contribution in [0.25, 0.3) is 0 Å². The molecule has 0 amide bonds. The van der Waals surface area contributed by atoms with Crippen LogP contribution in [0.4, 0.5) is 10.2 Å². The van der Waals surface area contributed by atoms with Crippen molar-refractivity contribution in [2.45, 2.75) is 37.6 Å². The Morgan fingerprint density at radius 2 is 1.68 bits per heavy atom. The van der Waals surface area contributed by atoms with Crippen LogP contribution < -0.4 is 4.72 Å². The van der Waals surface area contributed by atoms with Gasteiger partial charge in [-0.05, 0) is 56.7 Å². The van der Waals surface area contributed by atoms with Crippen molar-refractivity contribution in [2.24, 2.45) is 0 Å². The second kappa shape index (κ2) is 7.67. The van der Waals surface area contributed by atoms with Gasteiger partial charge in [0.05, 0.1) is 15.9 Å². The van der Waals surface area contributed by atoms with Crippen molar-refractivity contribution < 1.29 is 12.8 Å². The third-order valence-electron chi connectivity index (χ3n) is 4.24. The van der Waals surface area contributed by atoms with Gasteiger partial charge in [0.1, 0.15) is 5.82 Å². The van der Waals surface area contributed by atoms with E-state index in [0.29, 0.717) is 11.0 Å². The summed E-state index contributed by atoms with van der Waals surface area (Å²) in [7, 11) is -3.77. The van der Waals surface area contributed by atoms with Crippen LogP contribution >= 0.6 is 15.9 Å². The van der Waals surface area contributed by atoms with Crippen molar-refractivity contribution >= 4 is 31.8 Å². The van der Waals surface area contributed by atoms with Gasteiger partial charge in [-0.1, -0.05) is 45.0 Å². The Morgan fingerprint density at radius 1 is 1.07 bits per heavy atom. The van der Waals surface area contributed by atoms with Crippen molar-refractivity contribution in [2.75, 3.05) is 4.72 Å². The molecule has 0 unspecified atom stereocenters. The topological polar surface area (TPSA) is 64.0 Å². The number of hydrogen-bond acceptors (Lipinski definition) is 3. The molecule has 0 bridgehead atoms. The molecule has 3 aromatic rings. The number of rotatable bonds is 5. The van der Waals surface area contributed by atoms with Gasteiger partial charge in [0, 0.05) is 6.20 Å². The van der Waals surface area contributed by atoms with Gasteiger partial charge in [0.15, 0.2) is 5.82 Å². The van der Waals surface area contributed by atoms with E-state index in [2.05, 4.69) is 46.5 Å². The highest BCUT2D eigenvalue weighted by molar-refractivity contribution is 9.10. The quantitative estimate of drug-likeness (QED) is 0.580. The molecule has 0 atom stereocenters. The first-order valence-corrected chi connectivity index (χ1v) is 10.9. The van der Waals surface area contributed by atoms with Crippen molar-refractivity contribution in [3.63, 3.8) is 0 Å². The highest BCUT2D eigenvalue weighted by Crippen LogP contribution is 2.26. The highest BCUT2D eigenvalue weighted by atomic mass is 79.9. The summed E-state index contributed by atoms with van der Waals surface area (Å²) in [5, 5.41) is 4.28. The Balaban J connectivity index is 1.79. The smallest absolute Gasteiger partial charge is 0.263 e. The third kappa shape index (κ3) is 4.80. The van der Waals surface area contributed by atoms with Crippen molar-refractivity contribution in [1.82, 2.24) is 9.78 Å². The monoisotopic (exact) mass is 465 g/mol. The summed E-state index contributed by atoms with van der Waals surface area (Å²) < 4.78 is 43.0. The van der Waals surface area contributed by atoms with Crippen LogP contribution in [-0.2, 0) is 22.0 Å². The summed E-state index contributed by atoms with van der Waals surface area (Å²) >= 11 is 3.33. The van der Waals surface area contributed by atoms with Crippen molar-refractivity contribution in [1.29, 1.82) is 0 Å². The zero-order valence-corrected chi connectivity index (χ0v) is 18.2. The van der Waals surface area contributed by atoms with Gasteiger partial charge >= 0.3 is 0 Å². The van der Waals surface area contributed by atoms with E-state index in [9.17, 15) is 12.8 Å². The summed E-state index contributed by atoms with van der Waals surface area (Å²) in [6.07, 6.45) is 1.67. The third-order valence-corrected chi connectivity index (χ3v) is 6.17. The SMILES string of the molecule is CC(C)(C)c1ccc(S(=O)(=O)Nc2nn(Cc3ccc(F)cc3)cc2Br)cc1. The van der Waals surface area contributed by atoms with Gasteiger partial charge in [-0.2, -0.15) is 5.10 Å². The van der Waals surface area contributed by atoms with Gasteiger partial charge in [0.25, 0.3) is 10.0 Å². The second-order valence-electron chi connectivity index (χ2n) is 7.53. The zero-order valence-electron chi connectivity index (χ0n) is 15.8. The van der Waals surface area contributed by atoms with Crippen molar-refractivity contribution in [3.05, 3.63) is 76.1 Å². The molecule has 28 heavy (non-hydrogen) atoms. The van der Waals surface area contributed by atoms with Gasteiger partial charge in [-0.15, -0.1) is 0 Å². The van der Waals surface area contributed by atoms with Crippen LogP contribution in [0, 0.1) is 5.82 Å². The number of anilines is 1. The summed E-state index contributed by atoms with van der Waals surface area (Å²) in [5.41, 5.74) is 1.84. The minimum Gasteiger partial charge on any atom is -0.265 e. The lowest BCUT2D eigenvalue weighted by molar-refractivity contribution is 0.587. The molecule has 1 aromatic heterocycles. The lowest BCUT2D eigenvalue weighted by Gasteiger charge is -2.19. The van der Waals surface area contributed by atoms with E-state index in [1.54, 1.807) is 35.1 Å². The molecule has 0 spiro atoms. The number of nitrogens with one attached hydrogen (secondary N) is 1. The Hall–Kier alpha value is -2.19. The molecule has 0 aliphatic rings. The maximum Gasteiger partial charge on any atom is 0.263 e. The molecule has 0 saturated carbocycles. The van der Waals surface area contributed by atoms with E-state index in [1.165, 1.54) is 12.1 Å². The normalized spacial score (nSPS) is 12.2. The summed E-state index contributed by atoms with van der Waals surface area (Å²) in [4.78, 5) is 0.167. The zero-order chi connectivity index (χ0) is 20.5. The summed E-state index contributed by atoms with van der Waals surface area (Å²) in [6.45, 7) is 6.60. The molecule has 8 heteroatoms. The van der Waals surface area contributed by atoms with E-state index >= 15 is 0 Å². The Kier molecular flexibility index (Phi) is 5.63. The molecule has 2 aromatic carbocycles. The average Bonchev–Trinajstić information content (AvgIpc) is 2.95. The predicted octanol–water partition coefficient (Wildman–Crippen LogP) is 4.93. The van der Waals surface area contributed by atoms with Gasteiger partial charge in [0.2, 0.25) is 0 Å². The highest BCUT2D eigenvalue weighted by Gasteiger charge is 2.20. The molecule has 1 heterocycles. The molecule has 0 saturated heterocycles. The van der Waals surface area contributed by atoms with Gasteiger partial charge < -0.3 is 0 Å². The van der Waals surface area contributed by atoms with Crippen LogP contribution in [0.1, 0.15) is 31.9 Å². The molecule has 0 fully saturated rings. The predicted molar refractivity (Wildman–Crippen MR) is 111 cm³/mol. The Morgan fingerprint density at radius 3 is 2.25 bits per heavy atom. The maximum absolute atomic E-state index is 13.0. The van der Waals surface area contributed by atoms with Crippen LogP contribution in [-0.4, -0.2) is 18.2 Å². The van der Waals surface area contributed by atoms with Gasteiger partial charge in [-0.3, -0.25) is 9.40 Å². The van der Waals surface area contributed by atoms with E-state index < -0.39 is 10.0 Å². The Bertz CT molecular complexity index is 1070. The number of halogens is 2. The fraction of sp³-hybridized carbons (Fsp3) is 0.250. The molecule has 5 nitrogen and oxygen atoms in total. The number of aromatic nitrogens is 2. The molecule has 3 rings (SSSR count). The number of benzene rings is 2. The molecule has 148 valence electrons. The molecule has 0 radical (unpaired) electrons. The fourth-order valence-electron chi connectivity index (χ4n) is 2.64. The second-order valence-corrected chi connectivity index (χ2v) is 10.1. The summed E-state index contributed by atoms with van der Waals surface area (Å²) in [5.74, 6) is -0.113. The number of sulfonamides is 1. The van der Waals surface area contributed by atoms with Crippen molar-refractivity contribution in [3.8, 4) is 0 Å². The number of nitrogens with zero attached hydrogens (tertiary/aromatic N) is 2. The Labute approximate surface area is 172 Å². The fourth-order valence-corrected chi connectivity index (χ4v) is 4.21. The first-order chi connectivity index (χ1) is 13.0. The van der Waals surface area contributed by atoms with Crippen LogP contribution in [0.2, 0.25) is 0 Å². The minimum atomic E-state index is -3.77. The number of hydrogen-bond donors (Lipinski definition) is 1. The maximum atomic E-state index is 13.0. The average molecular weight is 466 g/mol. The molecule has 0 aliphatic heterocycles. The lowest BCUT2D eigenvalue weighted by atomic mass is 9.87. The molecular formula is C20H21BrFN3O2S. The van der Waals surface area contributed by atoms with E-state index in [0.717, 1.165) is 11.1 Å². The summed E-state index contributed by atoms with van der Waals surface area (Å²) in [6, 6.07) is 12.9. The molecule has 0 aliphatic carbocycles. The van der Waals surface area contributed by atoms with Crippen LogP contribution in [0.3, 0.4) is 0 Å². The van der Waals surface area contributed by atoms with Gasteiger partial charge in [-0.25, -0.2) is 12.8 Å². The lowest BCUT2D eigenvalue weighted by Crippen LogP contribution is -2.15. The molecule has 1 N–H and O–H groups in total. The first kappa shape index (κ1) is 20.5. The standard InChI is InChI=1S/C20H21BrFN3O2S/c1-20(2,3)15-6-10-17(11-7-15)28(26,27)24-19-18(21)13-25(23-19)12-14-4-8-16(22)9-5-14/h4-11,13H,12H2,1-3H3,(H,23,24). The van der Waals surface area contributed by atoms with E-state index in [4.69, 9.17) is 0 Å². The van der Waals surface area contributed by atoms with E-state index in [1.807, 2.05) is 12.1 Å². The van der Waals surface area contributed by atoms with E-state index in [-0.39, 0.29) is 21.9 Å².